The molecule has 1 amide bonds. The Kier molecular flexibility index (Phi) is 5.42. The number of rotatable bonds is 6. The molecule has 2 rings (SSSR count). The van der Waals surface area contributed by atoms with Gasteiger partial charge in [-0.1, -0.05) is 55.8 Å². The number of benzene rings is 2. The molecule has 0 aromatic heterocycles. The van der Waals surface area contributed by atoms with Gasteiger partial charge in [-0.25, -0.2) is 0 Å². The first kappa shape index (κ1) is 14.9. The number of amides is 1. The Morgan fingerprint density at radius 2 is 1.95 bits per heavy atom. The zero-order valence-corrected chi connectivity index (χ0v) is 12.5. The highest BCUT2D eigenvalue weighted by Gasteiger charge is 2.07. The van der Waals surface area contributed by atoms with E-state index >= 15 is 0 Å². The molecule has 20 heavy (non-hydrogen) atoms. The lowest BCUT2D eigenvalue weighted by Gasteiger charge is -2.10. The molecule has 1 unspecified atom stereocenters. The SMILES string of the molecule is CCCC(Cl)CNC(=O)Cc1ccc2ccccc2c1. The van der Waals surface area contributed by atoms with Gasteiger partial charge in [0.05, 0.1) is 11.8 Å². The summed E-state index contributed by atoms with van der Waals surface area (Å²) >= 11 is 6.09. The first-order valence-electron chi connectivity index (χ1n) is 7.07. The summed E-state index contributed by atoms with van der Waals surface area (Å²) in [6, 6.07) is 14.3. The van der Waals surface area contributed by atoms with E-state index in [4.69, 9.17) is 11.6 Å². The van der Waals surface area contributed by atoms with E-state index in [2.05, 4.69) is 36.5 Å². The number of carbonyl (C=O) groups excluding carboxylic acids is 1. The Morgan fingerprint density at radius 3 is 2.70 bits per heavy atom. The summed E-state index contributed by atoms with van der Waals surface area (Å²) in [7, 11) is 0. The topological polar surface area (TPSA) is 29.1 Å². The van der Waals surface area contributed by atoms with Gasteiger partial charge in [0, 0.05) is 6.54 Å². The van der Waals surface area contributed by atoms with E-state index in [1.165, 1.54) is 10.8 Å². The summed E-state index contributed by atoms with van der Waals surface area (Å²) in [6.45, 7) is 2.63. The van der Waals surface area contributed by atoms with E-state index in [9.17, 15) is 4.79 Å². The molecule has 1 N–H and O–H groups in total. The second kappa shape index (κ2) is 7.30. The van der Waals surface area contributed by atoms with E-state index in [0.717, 1.165) is 18.4 Å². The van der Waals surface area contributed by atoms with E-state index in [-0.39, 0.29) is 11.3 Å². The molecule has 2 aromatic carbocycles. The summed E-state index contributed by atoms with van der Waals surface area (Å²) in [6.07, 6.45) is 2.37. The number of hydrogen-bond donors (Lipinski definition) is 1. The van der Waals surface area contributed by atoms with E-state index in [1.54, 1.807) is 0 Å². The highest BCUT2D eigenvalue weighted by molar-refractivity contribution is 6.20. The van der Waals surface area contributed by atoms with Gasteiger partial charge < -0.3 is 5.32 Å². The lowest BCUT2D eigenvalue weighted by Crippen LogP contribution is -2.30. The molecule has 0 saturated carbocycles. The van der Waals surface area contributed by atoms with Crippen molar-refractivity contribution in [3.05, 3.63) is 48.0 Å². The molecular weight excluding hydrogens is 270 g/mol. The van der Waals surface area contributed by atoms with Crippen molar-refractivity contribution in [3.8, 4) is 0 Å². The van der Waals surface area contributed by atoms with Crippen molar-refractivity contribution in [3.63, 3.8) is 0 Å². The predicted molar refractivity (Wildman–Crippen MR) is 85.2 cm³/mol. The van der Waals surface area contributed by atoms with Crippen molar-refractivity contribution in [2.75, 3.05) is 6.54 Å². The van der Waals surface area contributed by atoms with Crippen LogP contribution in [0.5, 0.6) is 0 Å². The molecule has 0 aliphatic heterocycles. The second-order valence-electron chi connectivity index (χ2n) is 5.05. The van der Waals surface area contributed by atoms with Crippen LogP contribution in [0.4, 0.5) is 0 Å². The van der Waals surface area contributed by atoms with Gasteiger partial charge in [0.2, 0.25) is 5.91 Å². The lowest BCUT2D eigenvalue weighted by atomic mass is 10.0. The quantitative estimate of drug-likeness (QED) is 0.803. The van der Waals surface area contributed by atoms with Crippen LogP contribution in [0, 0.1) is 0 Å². The molecule has 0 aliphatic carbocycles. The standard InChI is InChI=1S/C17H20ClNO/c1-2-5-16(18)12-19-17(20)11-13-8-9-14-6-3-4-7-15(14)10-13/h3-4,6-10,16H,2,5,11-12H2,1H3,(H,19,20). The van der Waals surface area contributed by atoms with Crippen molar-refractivity contribution in [1.29, 1.82) is 0 Å². The Labute approximate surface area is 125 Å². The third-order valence-corrected chi connectivity index (χ3v) is 3.67. The molecule has 0 bridgehead atoms. The highest BCUT2D eigenvalue weighted by Crippen LogP contribution is 2.16. The number of nitrogens with one attached hydrogen (secondary N) is 1. The van der Waals surface area contributed by atoms with Gasteiger partial charge >= 0.3 is 0 Å². The summed E-state index contributed by atoms with van der Waals surface area (Å²) in [5.74, 6) is 0.0297. The van der Waals surface area contributed by atoms with Crippen LogP contribution < -0.4 is 5.32 Å². The molecule has 0 radical (unpaired) electrons. The normalized spacial score (nSPS) is 12.3. The minimum atomic E-state index is 0.0283. The first-order valence-corrected chi connectivity index (χ1v) is 7.51. The molecular formula is C17H20ClNO. The van der Waals surface area contributed by atoms with Crippen molar-refractivity contribution in [2.24, 2.45) is 0 Å². The zero-order valence-electron chi connectivity index (χ0n) is 11.7. The monoisotopic (exact) mass is 289 g/mol. The summed E-state index contributed by atoms with van der Waals surface area (Å²) in [4.78, 5) is 11.9. The van der Waals surface area contributed by atoms with E-state index in [1.807, 2.05) is 18.2 Å². The third kappa shape index (κ3) is 4.24. The smallest absolute Gasteiger partial charge is 0.224 e. The predicted octanol–water partition coefficient (Wildman–Crippen LogP) is 3.91. The maximum atomic E-state index is 11.9. The van der Waals surface area contributed by atoms with Gasteiger partial charge in [0.15, 0.2) is 0 Å². The summed E-state index contributed by atoms with van der Waals surface area (Å²) in [5, 5.41) is 5.28. The number of halogens is 1. The van der Waals surface area contributed by atoms with Gasteiger partial charge in [-0.3, -0.25) is 4.79 Å². The van der Waals surface area contributed by atoms with E-state index in [0.29, 0.717) is 13.0 Å². The maximum Gasteiger partial charge on any atom is 0.224 e. The number of alkyl halides is 1. The van der Waals surface area contributed by atoms with Crippen LogP contribution in [-0.2, 0) is 11.2 Å². The molecule has 0 fully saturated rings. The van der Waals surface area contributed by atoms with Crippen LogP contribution in [0.15, 0.2) is 42.5 Å². The molecule has 3 heteroatoms. The van der Waals surface area contributed by atoms with E-state index < -0.39 is 0 Å². The van der Waals surface area contributed by atoms with Crippen LogP contribution in [-0.4, -0.2) is 17.8 Å². The first-order chi connectivity index (χ1) is 9.69. The van der Waals surface area contributed by atoms with Crippen molar-refractivity contribution in [2.45, 2.75) is 31.6 Å². The van der Waals surface area contributed by atoms with Gasteiger partial charge in [-0.15, -0.1) is 11.6 Å². The number of carbonyl (C=O) groups is 1. The number of hydrogen-bond acceptors (Lipinski definition) is 1. The Balaban J connectivity index is 1.92. The highest BCUT2D eigenvalue weighted by atomic mass is 35.5. The van der Waals surface area contributed by atoms with Crippen molar-refractivity contribution >= 4 is 28.3 Å². The molecule has 0 aliphatic rings. The fourth-order valence-corrected chi connectivity index (χ4v) is 2.53. The second-order valence-corrected chi connectivity index (χ2v) is 5.67. The van der Waals surface area contributed by atoms with Crippen LogP contribution >= 0.6 is 11.6 Å². The fourth-order valence-electron chi connectivity index (χ4n) is 2.24. The van der Waals surface area contributed by atoms with Gasteiger partial charge in [-0.2, -0.15) is 0 Å². The molecule has 0 saturated heterocycles. The van der Waals surface area contributed by atoms with Crippen LogP contribution in [0.3, 0.4) is 0 Å². The summed E-state index contributed by atoms with van der Waals surface area (Å²) < 4.78 is 0. The average molecular weight is 290 g/mol. The zero-order chi connectivity index (χ0) is 14.4. The molecule has 1 atom stereocenters. The molecule has 2 aromatic rings. The fraction of sp³-hybridized carbons (Fsp3) is 0.353. The number of fused-ring (bicyclic) bond motifs is 1. The third-order valence-electron chi connectivity index (χ3n) is 3.30. The lowest BCUT2D eigenvalue weighted by molar-refractivity contribution is -0.120. The van der Waals surface area contributed by atoms with Crippen LogP contribution in [0.1, 0.15) is 25.3 Å². The van der Waals surface area contributed by atoms with Crippen molar-refractivity contribution < 1.29 is 4.79 Å². The Bertz CT molecular complexity index is 582. The Morgan fingerprint density at radius 1 is 1.20 bits per heavy atom. The summed E-state index contributed by atoms with van der Waals surface area (Å²) in [5.41, 5.74) is 1.03. The maximum absolute atomic E-state index is 11.9. The van der Waals surface area contributed by atoms with Crippen LogP contribution in [0.25, 0.3) is 10.8 Å². The molecule has 106 valence electrons. The largest absolute Gasteiger partial charge is 0.354 e. The Hall–Kier alpha value is -1.54. The van der Waals surface area contributed by atoms with Gasteiger partial charge in [0.25, 0.3) is 0 Å². The average Bonchev–Trinajstić information content (AvgIpc) is 2.45. The van der Waals surface area contributed by atoms with Gasteiger partial charge in [0.1, 0.15) is 0 Å². The molecule has 2 nitrogen and oxygen atoms in total. The van der Waals surface area contributed by atoms with Crippen molar-refractivity contribution in [1.82, 2.24) is 5.32 Å². The molecule has 0 spiro atoms. The minimum Gasteiger partial charge on any atom is -0.354 e. The van der Waals surface area contributed by atoms with Gasteiger partial charge in [-0.05, 0) is 22.8 Å². The minimum absolute atomic E-state index is 0.0283. The van der Waals surface area contributed by atoms with Crippen LogP contribution in [0.2, 0.25) is 0 Å². The molecule has 0 heterocycles.